The molecule has 1 unspecified atom stereocenters. The van der Waals surface area contributed by atoms with Gasteiger partial charge in [0, 0.05) is 6.04 Å². The SMILES string of the molecule is CC.CI.Cc1ccc2c(c1)CC(N(C)C)C2. The molecule has 1 atom stereocenters. The molecule has 0 fully saturated rings. The van der Waals surface area contributed by atoms with E-state index in [1.165, 1.54) is 18.4 Å². The number of benzene rings is 1. The lowest BCUT2D eigenvalue weighted by atomic mass is 10.1. The third-order valence-electron chi connectivity index (χ3n) is 3.00. The second-order valence-electron chi connectivity index (χ2n) is 4.30. The van der Waals surface area contributed by atoms with Crippen LogP contribution >= 0.6 is 22.6 Å². The highest BCUT2D eigenvalue weighted by Crippen LogP contribution is 2.25. The minimum atomic E-state index is 0.719. The van der Waals surface area contributed by atoms with Crippen LogP contribution in [-0.4, -0.2) is 30.0 Å². The molecule has 0 amide bonds. The molecule has 2 heteroatoms. The van der Waals surface area contributed by atoms with Crippen molar-refractivity contribution in [3.05, 3.63) is 34.9 Å². The number of halogens is 1. The molecule has 0 N–H and O–H groups in total. The molecule has 0 spiro atoms. The zero-order chi connectivity index (χ0) is 13.4. The molecule has 0 aliphatic heterocycles. The van der Waals surface area contributed by atoms with E-state index in [-0.39, 0.29) is 0 Å². The molecular formula is C15H26IN. The summed E-state index contributed by atoms with van der Waals surface area (Å²) in [6.45, 7) is 6.17. The van der Waals surface area contributed by atoms with Crippen LogP contribution in [0.4, 0.5) is 0 Å². The molecule has 0 saturated heterocycles. The minimum Gasteiger partial charge on any atom is -0.306 e. The normalized spacial score (nSPS) is 16.6. The van der Waals surface area contributed by atoms with Gasteiger partial charge in [-0.1, -0.05) is 60.2 Å². The Hall–Kier alpha value is -0.0900. The standard InChI is InChI=1S/C12H17N.C2H6.CH3I/c1-9-4-5-10-7-12(13(2)3)8-11(10)6-9;2*1-2/h4-6,12H,7-8H2,1-3H3;1-2H3;1H3. The predicted octanol–water partition coefficient (Wildman–Crippen LogP) is 4.10. The molecule has 1 aliphatic carbocycles. The summed E-state index contributed by atoms with van der Waals surface area (Å²) in [6, 6.07) is 7.56. The van der Waals surface area contributed by atoms with Gasteiger partial charge < -0.3 is 4.90 Å². The maximum Gasteiger partial charge on any atom is 0.0170 e. The van der Waals surface area contributed by atoms with Crippen LogP contribution in [-0.2, 0) is 12.8 Å². The van der Waals surface area contributed by atoms with Gasteiger partial charge in [-0.05, 0) is 49.9 Å². The van der Waals surface area contributed by atoms with Gasteiger partial charge in [0.25, 0.3) is 0 Å². The highest BCUT2D eigenvalue weighted by atomic mass is 127. The van der Waals surface area contributed by atoms with Crippen LogP contribution < -0.4 is 0 Å². The number of aryl methyl sites for hydroxylation is 1. The fourth-order valence-corrected chi connectivity index (χ4v) is 2.09. The van der Waals surface area contributed by atoms with Gasteiger partial charge in [-0.3, -0.25) is 0 Å². The van der Waals surface area contributed by atoms with E-state index in [4.69, 9.17) is 0 Å². The zero-order valence-electron chi connectivity index (χ0n) is 12.0. The number of nitrogens with zero attached hydrogens (tertiary/aromatic N) is 1. The Morgan fingerprint density at radius 3 is 2.12 bits per heavy atom. The largest absolute Gasteiger partial charge is 0.306 e. The van der Waals surface area contributed by atoms with Crippen molar-refractivity contribution in [2.75, 3.05) is 19.0 Å². The van der Waals surface area contributed by atoms with Gasteiger partial charge in [0.1, 0.15) is 0 Å². The lowest BCUT2D eigenvalue weighted by Gasteiger charge is -2.17. The van der Waals surface area contributed by atoms with Crippen molar-refractivity contribution in [3.8, 4) is 0 Å². The van der Waals surface area contributed by atoms with Crippen molar-refractivity contribution < 1.29 is 0 Å². The summed E-state index contributed by atoms with van der Waals surface area (Å²) in [5.74, 6) is 0. The number of rotatable bonds is 1. The molecule has 98 valence electrons. The summed E-state index contributed by atoms with van der Waals surface area (Å²) in [6.07, 6.45) is 2.45. The van der Waals surface area contributed by atoms with E-state index in [9.17, 15) is 0 Å². The van der Waals surface area contributed by atoms with E-state index in [0.29, 0.717) is 0 Å². The van der Waals surface area contributed by atoms with Crippen molar-refractivity contribution in [2.45, 2.75) is 39.7 Å². The third-order valence-corrected chi connectivity index (χ3v) is 3.00. The van der Waals surface area contributed by atoms with Gasteiger partial charge in [0.15, 0.2) is 0 Å². The number of hydrogen-bond donors (Lipinski definition) is 0. The Kier molecular flexibility index (Phi) is 8.88. The third kappa shape index (κ3) is 4.96. The summed E-state index contributed by atoms with van der Waals surface area (Å²) in [5, 5.41) is 0. The average Bonchev–Trinajstić information content (AvgIpc) is 2.77. The number of alkyl halides is 1. The smallest absolute Gasteiger partial charge is 0.0170 e. The highest BCUT2D eigenvalue weighted by molar-refractivity contribution is 14.1. The van der Waals surface area contributed by atoms with Gasteiger partial charge in [0.05, 0.1) is 0 Å². The minimum absolute atomic E-state index is 0.719. The molecule has 0 bridgehead atoms. The van der Waals surface area contributed by atoms with E-state index < -0.39 is 0 Å². The van der Waals surface area contributed by atoms with Gasteiger partial charge in [0.2, 0.25) is 0 Å². The van der Waals surface area contributed by atoms with Crippen molar-refractivity contribution in [1.82, 2.24) is 4.90 Å². The molecule has 1 aliphatic rings. The molecule has 0 saturated carbocycles. The zero-order valence-corrected chi connectivity index (χ0v) is 14.2. The first kappa shape index (κ1) is 16.9. The summed E-state index contributed by atoms with van der Waals surface area (Å²) >= 11 is 2.15. The molecule has 0 aromatic heterocycles. The van der Waals surface area contributed by atoms with Crippen molar-refractivity contribution >= 4 is 22.6 Å². The Bertz CT molecular complexity index is 321. The summed E-state index contributed by atoms with van der Waals surface area (Å²) in [5.41, 5.74) is 4.49. The summed E-state index contributed by atoms with van der Waals surface area (Å²) < 4.78 is 0. The predicted molar refractivity (Wildman–Crippen MR) is 87.4 cm³/mol. The Morgan fingerprint density at radius 2 is 1.59 bits per heavy atom. The molecule has 17 heavy (non-hydrogen) atoms. The van der Waals surface area contributed by atoms with E-state index in [0.717, 1.165) is 6.04 Å². The molecule has 1 aromatic rings. The summed E-state index contributed by atoms with van der Waals surface area (Å²) in [7, 11) is 4.34. The monoisotopic (exact) mass is 347 g/mol. The number of fused-ring (bicyclic) bond motifs is 1. The van der Waals surface area contributed by atoms with Gasteiger partial charge in [-0.25, -0.2) is 0 Å². The van der Waals surface area contributed by atoms with Crippen molar-refractivity contribution in [2.24, 2.45) is 0 Å². The first-order valence-corrected chi connectivity index (χ1v) is 8.45. The maximum absolute atomic E-state index is 2.33. The Morgan fingerprint density at radius 1 is 1.06 bits per heavy atom. The topological polar surface area (TPSA) is 3.24 Å². The molecule has 0 radical (unpaired) electrons. The van der Waals surface area contributed by atoms with E-state index in [2.05, 4.69) is 66.7 Å². The van der Waals surface area contributed by atoms with Crippen LogP contribution in [0.1, 0.15) is 30.5 Å². The van der Waals surface area contributed by atoms with Crippen LogP contribution in [0.5, 0.6) is 0 Å². The maximum atomic E-state index is 2.33. The number of hydrogen-bond acceptors (Lipinski definition) is 1. The van der Waals surface area contributed by atoms with Crippen LogP contribution in [0.25, 0.3) is 0 Å². The second-order valence-corrected chi connectivity index (χ2v) is 4.30. The molecular weight excluding hydrogens is 321 g/mol. The van der Waals surface area contributed by atoms with E-state index in [1.807, 2.05) is 18.8 Å². The first-order valence-electron chi connectivity index (χ1n) is 6.29. The Balaban J connectivity index is 0.000000581. The first-order chi connectivity index (χ1) is 8.16. The second kappa shape index (κ2) is 8.92. The molecule has 2 rings (SSSR count). The molecule has 1 aromatic carbocycles. The average molecular weight is 347 g/mol. The van der Waals surface area contributed by atoms with Gasteiger partial charge >= 0.3 is 0 Å². The fraction of sp³-hybridized carbons (Fsp3) is 0.600. The molecule has 1 nitrogen and oxygen atoms in total. The quantitative estimate of drug-likeness (QED) is 0.546. The summed E-state index contributed by atoms with van der Waals surface area (Å²) in [4.78, 5) is 4.30. The van der Waals surface area contributed by atoms with E-state index >= 15 is 0 Å². The van der Waals surface area contributed by atoms with Crippen LogP contribution in [0, 0.1) is 6.92 Å². The van der Waals surface area contributed by atoms with Crippen LogP contribution in [0.2, 0.25) is 0 Å². The van der Waals surface area contributed by atoms with Gasteiger partial charge in [-0.15, -0.1) is 0 Å². The fourth-order valence-electron chi connectivity index (χ4n) is 2.09. The highest BCUT2D eigenvalue weighted by Gasteiger charge is 2.22. The van der Waals surface area contributed by atoms with Crippen molar-refractivity contribution in [3.63, 3.8) is 0 Å². The van der Waals surface area contributed by atoms with Crippen LogP contribution in [0.15, 0.2) is 18.2 Å². The van der Waals surface area contributed by atoms with Crippen LogP contribution in [0.3, 0.4) is 0 Å². The van der Waals surface area contributed by atoms with E-state index in [1.54, 1.807) is 11.1 Å². The lowest BCUT2D eigenvalue weighted by Crippen LogP contribution is -2.27. The number of likely N-dealkylation sites (N-methyl/N-ethyl adjacent to an activating group) is 1. The lowest BCUT2D eigenvalue weighted by molar-refractivity contribution is 0.303. The Labute approximate surface area is 121 Å². The van der Waals surface area contributed by atoms with Gasteiger partial charge in [-0.2, -0.15) is 0 Å². The van der Waals surface area contributed by atoms with Crippen molar-refractivity contribution in [1.29, 1.82) is 0 Å². The molecule has 0 heterocycles.